The Hall–Kier alpha value is -1.46. The van der Waals surface area contributed by atoms with Crippen molar-refractivity contribution in [1.29, 1.82) is 0 Å². The van der Waals surface area contributed by atoms with Crippen molar-refractivity contribution in [3.8, 4) is 0 Å². The molecule has 1 aliphatic rings. The van der Waals surface area contributed by atoms with Gasteiger partial charge in [0, 0.05) is 6.20 Å². The highest BCUT2D eigenvalue weighted by molar-refractivity contribution is 5.77. The summed E-state index contributed by atoms with van der Waals surface area (Å²) < 4.78 is 0. The fourth-order valence-electron chi connectivity index (χ4n) is 2.82. The molecule has 1 fully saturated rings. The number of aromatic nitrogens is 1. The van der Waals surface area contributed by atoms with Crippen molar-refractivity contribution in [2.45, 2.75) is 25.8 Å². The molecule has 22 heavy (non-hydrogen) atoms. The maximum atomic E-state index is 12.0. The minimum atomic E-state index is 0.0948. The minimum absolute atomic E-state index is 0.0948. The van der Waals surface area contributed by atoms with Crippen LogP contribution in [0.2, 0.25) is 0 Å². The van der Waals surface area contributed by atoms with E-state index in [1.807, 2.05) is 18.2 Å². The van der Waals surface area contributed by atoms with E-state index in [-0.39, 0.29) is 5.91 Å². The standard InChI is InChI=1S/C17H28N4O/c1-20(2)10-6-15-7-11-21(12-8-15)14-17(22)19-13-16-5-3-4-9-18-16/h3-5,9,15H,6-8,10-14H2,1-2H3,(H,19,22). The summed E-state index contributed by atoms with van der Waals surface area (Å²) >= 11 is 0. The molecule has 0 spiro atoms. The van der Waals surface area contributed by atoms with Gasteiger partial charge in [-0.3, -0.25) is 14.7 Å². The van der Waals surface area contributed by atoms with Gasteiger partial charge in [0.2, 0.25) is 5.91 Å². The van der Waals surface area contributed by atoms with Gasteiger partial charge in [-0.1, -0.05) is 6.07 Å². The first-order valence-corrected chi connectivity index (χ1v) is 8.17. The lowest BCUT2D eigenvalue weighted by Crippen LogP contribution is -2.41. The lowest BCUT2D eigenvalue weighted by molar-refractivity contribution is -0.122. The van der Waals surface area contributed by atoms with Gasteiger partial charge in [0.1, 0.15) is 0 Å². The van der Waals surface area contributed by atoms with Crippen LogP contribution in [0, 0.1) is 5.92 Å². The van der Waals surface area contributed by atoms with E-state index in [1.165, 1.54) is 19.3 Å². The van der Waals surface area contributed by atoms with Crippen molar-refractivity contribution < 1.29 is 4.79 Å². The van der Waals surface area contributed by atoms with Crippen LogP contribution >= 0.6 is 0 Å². The van der Waals surface area contributed by atoms with Crippen LogP contribution in [0.25, 0.3) is 0 Å². The molecule has 1 amide bonds. The van der Waals surface area contributed by atoms with E-state index in [0.29, 0.717) is 13.1 Å². The highest BCUT2D eigenvalue weighted by atomic mass is 16.2. The molecule has 2 heterocycles. The summed E-state index contributed by atoms with van der Waals surface area (Å²) in [5, 5.41) is 2.95. The molecule has 0 radical (unpaired) electrons. The summed E-state index contributed by atoms with van der Waals surface area (Å²) in [6.45, 7) is 4.26. The van der Waals surface area contributed by atoms with E-state index < -0.39 is 0 Å². The SMILES string of the molecule is CN(C)CCC1CCN(CC(=O)NCc2ccccn2)CC1. The van der Waals surface area contributed by atoms with Gasteiger partial charge in [-0.05, 0) is 71.0 Å². The van der Waals surface area contributed by atoms with E-state index in [2.05, 4.69) is 34.2 Å². The van der Waals surface area contributed by atoms with Crippen LogP contribution in [0.1, 0.15) is 25.0 Å². The monoisotopic (exact) mass is 304 g/mol. The van der Waals surface area contributed by atoms with Crippen LogP contribution in [-0.4, -0.2) is 61.0 Å². The van der Waals surface area contributed by atoms with Crippen LogP contribution in [0.15, 0.2) is 24.4 Å². The van der Waals surface area contributed by atoms with Gasteiger partial charge in [0.25, 0.3) is 0 Å². The van der Waals surface area contributed by atoms with Gasteiger partial charge in [-0.2, -0.15) is 0 Å². The first-order chi connectivity index (χ1) is 10.6. The second kappa shape index (κ2) is 8.86. The number of piperidine rings is 1. The summed E-state index contributed by atoms with van der Waals surface area (Å²) in [6, 6.07) is 5.75. The topological polar surface area (TPSA) is 48.5 Å². The first-order valence-electron chi connectivity index (χ1n) is 8.17. The molecule has 0 aromatic carbocycles. The molecule has 1 aromatic rings. The Kier molecular flexibility index (Phi) is 6.80. The Morgan fingerprint density at radius 3 is 2.77 bits per heavy atom. The molecule has 0 unspecified atom stereocenters. The summed E-state index contributed by atoms with van der Waals surface area (Å²) in [6.07, 6.45) is 5.44. The Bertz CT molecular complexity index is 441. The number of rotatable bonds is 7. The van der Waals surface area contributed by atoms with Gasteiger partial charge in [-0.15, -0.1) is 0 Å². The number of hydrogen-bond acceptors (Lipinski definition) is 4. The van der Waals surface area contributed by atoms with Crippen LogP contribution in [0.5, 0.6) is 0 Å². The summed E-state index contributed by atoms with van der Waals surface area (Å²) in [4.78, 5) is 20.7. The Balaban J connectivity index is 1.62. The lowest BCUT2D eigenvalue weighted by Gasteiger charge is -2.31. The number of hydrogen-bond donors (Lipinski definition) is 1. The van der Waals surface area contributed by atoms with Crippen LogP contribution < -0.4 is 5.32 Å². The third-order valence-corrected chi connectivity index (χ3v) is 4.25. The third-order valence-electron chi connectivity index (χ3n) is 4.25. The summed E-state index contributed by atoms with van der Waals surface area (Å²) in [5.41, 5.74) is 0.901. The number of nitrogens with zero attached hydrogens (tertiary/aromatic N) is 3. The van der Waals surface area contributed by atoms with E-state index >= 15 is 0 Å². The van der Waals surface area contributed by atoms with Gasteiger partial charge in [-0.25, -0.2) is 0 Å². The van der Waals surface area contributed by atoms with Gasteiger partial charge in [0.15, 0.2) is 0 Å². The van der Waals surface area contributed by atoms with Crippen LogP contribution in [0.4, 0.5) is 0 Å². The zero-order valence-corrected chi connectivity index (χ0v) is 13.8. The molecule has 0 bridgehead atoms. The van der Waals surface area contributed by atoms with E-state index in [1.54, 1.807) is 6.20 Å². The summed E-state index contributed by atoms with van der Waals surface area (Å²) in [5.74, 6) is 0.910. The highest BCUT2D eigenvalue weighted by Gasteiger charge is 2.20. The highest BCUT2D eigenvalue weighted by Crippen LogP contribution is 2.20. The molecule has 1 saturated heterocycles. The smallest absolute Gasteiger partial charge is 0.234 e. The number of carbonyl (C=O) groups excluding carboxylic acids is 1. The van der Waals surface area contributed by atoms with Crippen molar-refractivity contribution in [3.05, 3.63) is 30.1 Å². The quantitative estimate of drug-likeness (QED) is 0.826. The Labute approximate surface area is 133 Å². The molecule has 1 aliphatic heterocycles. The molecule has 2 rings (SSSR count). The molecule has 0 saturated carbocycles. The maximum Gasteiger partial charge on any atom is 0.234 e. The van der Waals surface area contributed by atoms with Gasteiger partial charge in [0.05, 0.1) is 18.8 Å². The van der Waals surface area contributed by atoms with Crippen molar-refractivity contribution in [3.63, 3.8) is 0 Å². The average molecular weight is 304 g/mol. The number of pyridine rings is 1. The number of carbonyl (C=O) groups is 1. The van der Waals surface area contributed by atoms with E-state index in [9.17, 15) is 4.79 Å². The van der Waals surface area contributed by atoms with Crippen molar-refractivity contribution in [2.75, 3.05) is 40.3 Å². The normalized spacial score (nSPS) is 16.9. The van der Waals surface area contributed by atoms with Crippen molar-refractivity contribution >= 4 is 5.91 Å². The van der Waals surface area contributed by atoms with E-state index in [0.717, 1.165) is 31.2 Å². The molecule has 5 heteroatoms. The molecule has 1 N–H and O–H groups in total. The molecule has 122 valence electrons. The number of likely N-dealkylation sites (tertiary alicyclic amines) is 1. The largest absolute Gasteiger partial charge is 0.349 e. The zero-order chi connectivity index (χ0) is 15.8. The van der Waals surface area contributed by atoms with Crippen LogP contribution in [0.3, 0.4) is 0 Å². The second-order valence-corrected chi connectivity index (χ2v) is 6.41. The molecular weight excluding hydrogens is 276 g/mol. The molecular formula is C17H28N4O. The first kappa shape index (κ1) is 16.9. The van der Waals surface area contributed by atoms with Crippen molar-refractivity contribution in [2.24, 2.45) is 5.92 Å². The molecule has 5 nitrogen and oxygen atoms in total. The van der Waals surface area contributed by atoms with Gasteiger partial charge < -0.3 is 10.2 Å². The van der Waals surface area contributed by atoms with Crippen LogP contribution in [-0.2, 0) is 11.3 Å². The van der Waals surface area contributed by atoms with Crippen molar-refractivity contribution in [1.82, 2.24) is 20.1 Å². The predicted molar refractivity (Wildman–Crippen MR) is 88.4 cm³/mol. The molecule has 0 aliphatic carbocycles. The number of amides is 1. The minimum Gasteiger partial charge on any atom is -0.349 e. The molecule has 1 aromatic heterocycles. The van der Waals surface area contributed by atoms with Gasteiger partial charge >= 0.3 is 0 Å². The lowest BCUT2D eigenvalue weighted by atomic mass is 9.93. The fourth-order valence-corrected chi connectivity index (χ4v) is 2.82. The Morgan fingerprint density at radius 2 is 2.14 bits per heavy atom. The Morgan fingerprint density at radius 1 is 1.36 bits per heavy atom. The maximum absolute atomic E-state index is 12.0. The fraction of sp³-hybridized carbons (Fsp3) is 0.647. The molecule has 0 atom stereocenters. The third kappa shape index (κ3) is 6.12. The summed E-state index contributed by atoms with van der Waals surface area (Å²) in [7, 11) is 4.25. The zero-order valence-electron chi connectivity index (χ0n) is 13.8. The number of nitrogens with one attached hydrogen (secondary N) is 1. The predicted octanol–water partition coefficient (Wildman–Crippen LogP) is 1.36. The van der Waals surface area contributed by atoms with E-state index in [4.69, 9.17) is 0 Å². The average Bonchev–Trinajstić information content (AvgIpc) is 2.53. The second-order valence-electron chi connectivity index (χ2n) is 6.41.